The number of furan rings is 1. The third kappa shape index (κ3) is 6.02. The monoisotopic (exact) mass is 483 g/mol. The molecule has 1 aliphatic carbocycles. The first-order valence-electron chi connectivity index (χ1n) is 12.4. The van der Waals surface area contributed by atoms with E-state index in [1.807, 2.05) is 19.1 Å². The van der Waals surface area contributed by atoms with E-state index in [1.165, 1.54) is 0 Å². The fourth-order valence-corrected chi connectivity index (χ4v) is 4.33. The van der Waals surface area contributed by atoms with Gasteiger partial charge < -0.3 is 30.0 Å². The summed E-state index contributed by atoms with van der Waals surface area (Å²) < 4.78 is 11.8. The van der Waals surface area contributed by atoms with Gasteiger partial charge in [-0.3, -0.25) is 0 Å². The molecule has 1 fully saturated rings. The van der Waals surface area contributed by atoms with Gasteiger partial charge in [-0.15, -0.1) is 0 Å². The molecule has 1 aliphatic rings. The summed E-state index contributed by atoms with van der Waals surface area (Å²) in [4.78, 5) is 13.8. The normalized spacial score (nSPS) is 20.4. The number of aliphatic hydroxyl groups is 2. The number of aromatic nitrogens is 3. The van der Waals surface area contributed by atoms with E-state index in [0.717, 1.165) is 23.1 Å². The minimum atomic E-state index is -0.570. The van der Waals surface area contributed by atoms with Crippen LogP contribution in [0.3, 0.4) is 0 Å². The summed E-state index contributed by atoms with van der Waals surface area (Å²) >= 11 is 0. The van der Waals surface area contributed by atoms with Crippen molar-refractivity contribution in [2.45, 2.75) is 66.0 Å². The van der Waals surface area contributed by atoms with E-state index in [1.54, 1.807) is 6.20 Å². The Balaban J connectivity index is 1.71. The van der Waals surface area contributed by atoms with Gasteiger partial charge in [-0.1, -0.05) is 27.7 Å². The van der Waals surface area contributed by atoms with Crippen LogP contribution in [0.5, 0.6) is 5.88 Å². The third-order valence-electron chi connectivity index (χ3n) is 6.15. The van der Waals surface area contributed by atoms with Crippen LogP contribution in [0.25, 0.3) is 22.3 Å². The molecule has 0 radical (unpaired) electrons. The van der Waals surface area contributed by atoms with E-state index < -0.39 is 6.10 Å². The lowest BCUT2D eigenvalue weighted by atomic mass is 9.97. The number of pyridine rings is 1. The Hall–Kier alpha value is -2.91. The summed E-state index contributed by atoms with van der Waals surface area (Å²) in [5.41, 5.74) is 2.19. The van der Waals surface area contributed by atoms with E-state index in [9.17, 15) is 10.2 Å². The van der Waals surface area contributed by atoms with Crippen molar-refractivity contribution in [3.63, 3.8) is 0 Å². The molecule has 0 spiro atoms. The Kier molecular flexibility index (Phi) is 7.47. The summed E-state index contributed by atoms with van der Waals surface area (Å²) in [6.07, 6.45) is 3.21. The number of anilines is 2. The Bertz CT molecular complexity index is 1160. The van der Waals surface area contributed by atoms with E-state index in [2.05, 4.69) is 43.3 Å². The van der Waals surface area contributed by atoms with Crippen LogP contribution in [0.15, 0.2) is 22.7 Å². The van der Waals surface area contributed by atoms with Crippen molar-refractivity contribution < 1.29 is 19.4 Å². The zero-order valence-corrected chi connectivity index (χ0v) is 21.3. The van der Waals surface area contributed by atoms with Crippen LogP contribution < -0.4 is 15.4 Å². The highest BCUT2D eigenvalue weighted by Crippen LogP contribution is 2.37. The molecule has 4 N–H and O–H groups in total. The van der Waals surface area contributed by atoms with Crippen LogP contribution >= 0.6 is 0 Å². The lowest BCUT2D eigenvalue weighted by Crippen LogP contribution is -2.29. The number of aliphatic hydroxyl groups excluding tert-OH is 2. The van der Waals surface area contributed by atoms with E-state index in [0.29, 0.717) is 55.0 Å². The molecule has 3 atom stereocenters. The molecule has 190 valence electrons. The molecule has 9 heteroatoms. The second-order valence-electron chi connectivity index (χ2n) is 10.6. The topological polar surface area (TPSA) is 126 Å². The SMILES string of the molecule is CCCOc1cc2cc(-c3c(C)nc(NCC(C)(C)C)nc3NC3CC(CO)CC3O)oc2cn1. The van der Waals surface area contributed by atoms with E-state index in [4.69, 9.17) is 19.1 Å². The maximum atomic E-state index is 10.6. The largest absolute Gasteiger partial charge is 0.478 e. The van der Waals surface area contributed by atoms with Crippen molar-refractivity contribution in [2.75, 3.05) is 30.4 Å². The highest BCUT2D eigenvalue weighted by atomic mass is 16.5. The second-order valence-corrected chi connectivity index (χ2v) is 10.6. The predicted molar refractivity (Wildman–Crippen MR) is 137 cm³/mol. The number of rotatable bonds is 9. The molecule has 0 amide bonds. The first kappa shape index (κ1) is 25.2. The van der Waals surface area contributed by atoms with Gasteiger partial charge in [-0.25, -0.2) is 9.97 Å². The zero-order valence-electron chi connectivity index (χ0n) is 21.3. The first-order chi connectivity index (χ1) is 16.7. The highest BCUT2D eigenvalue weighted by Gasteiger charge is 2.34. The third-order valence-corrected chi connectivity index (χ3v) is 6.15. The van der Waals surface area contributed by atoms with Gasteiger partial charge in [0.15, 0.2) is 5.58 Å². The van der Waals surface area contributed by atoms with E-state index >= 15 is 0 Å². The fraction of sp³-hybridized carbons (Fsp3) is 0.577. The molecule has 3 aromatic heterocycles. The van der Waals surface area contributed by atoms with Crippen molar-refractivity contribution in [2.24, 2.45) is 11.3 Å². The summed E-state index contributed by atoms with van der Waals surface area (Å²) in [6, 6.07) is 3.58. The molecule has 3 unspecified atom stereocenters. The Morgan fingerprint density at radius 1 is 1.20 bits per heavy atom. The van der Waals surface area contributed by atoms with Crippen LogP contribution in [0.2, 0.25) is 0 Å². The number of nitrogens with zero attached hydrogens (tertiary/aromatic N) is 3. The average molecular weight is 484 g/mol. The summed E-state index contributed by atoms with van der Waals surface area (Å²) in [5.74, 6) is 2.34. The predicted octanol–water partition coefficient (Wildman–Crippen LogP) is 4.38. The molecular weight excluding hydrogens is 446 g/mol. The average Bonchev–Trinajstić information content (AvgIpc) is 3.38. The summed E-state index contributed by atoms with van der Waals surface area (Å²) in [6.45, 7) is 11.8. The molecule has 0 bridgehead atoms. The van der Waals surface area contributed by atoms with E-state index in [-0.39, 0.29) is 24.0 Å². The van der Waals surface area contributed by atoms with Crippen LogP contribution in [0, 0.1) is 18.3 Å². The van der Waals surface area contributed by atoms with Crippen molar-refractivity contribution in [1.82, 2.24) is 15.0 Å². The van der Waals surface area contributed by atoms with Crippen molar-refractivity contribution in [1.29, 1.82) is 0 Å². The summed E-state index contributed by atoms with van der Waals surface area (Å²) in [7, 11) is 0. The molecule has 0 aliphatic heterocycles. The molecule has 0 aromatic carbocycles. The minimum Gasteiger partial charge on any atom is -0.478 e. The van der Waals surface area contributed by atoms with Gasteiger partial charge in [0.05, 0.1) is 36.2 Å². The van der Waals surface area contributed by atoms with Gasteiger partial charge in [0, 0.05) is 24.6 Å². The Morgan fingerprint density at radius 3 is 2.69 bits per heavy atom. The second kappa shape index (κ2) is 10.4. The molecular formula is C26H37N5O4. The molecule has 3 heterocycles. The van der Waals surface area contributed by atoms with Gasteiger partial charge in [-0.2, -0.15) is 4.98 Å². The van der Waals surface area contributed by atoms with Crippen LogP contribution in [-0.2, 0) is 0 Å². The zero-order chi connectivity index (χ0) is 25.2. The lowest BCUT2D eigenvalue weighted by molar-refractivity contribution is 0.157. The Morgan fingerprint density at radius 2 is 2.00 bits per heavy atom. The van der Waals surface area contributed by atoms with Gasteiger partial charge in [-0.05, 0) is 43.6 Å². The number of ether oxygens (including phenoxy) is 1. The maximum Gasteiger partial charge on any atom is 0.224 e. The van der Waals surface area contributed by atoms with Crippen molar-refractivity contribution in [3.05, 3.63) is 24.0 Å². The molecule has 35 heavy (non-hydrogen) atoms. The number of hydrogen-bond acceptors (Lipinski definition) is 9. The standard InChI is InChI=1S/C26H37N5O4/c1-6-7-34-22-11-17-10-20(35-21(17)12-27-22)23-15(2)29-25(28-14-26(3,4)5)31-24(23)30-18-8-16(13-32)9-19(18)33/h10-12,16,18-19,32-33H,6-9,13-14H2,1-5H3,(H2,28,29,30,31). The first-order valence-corrected chi connectivity index (χ1v) is 12.4. The van der Waals surface area contributed by atoms with Crippen molar-refractivity contribution in [3.8, 4) is 17.2 Å². The Labute approximate surface area is 206 Å². The number of aryl methyl sites for hydroxylation is 1. The smallest absolute Gasteiger partial charge is 0.224 e. The van der Waals surface area contributed by atoms with Crippen LogP contribution in [0.4, 0.5) is 11.8 Å². The quantitative estimate of drug-likeness (QED) is 0.351. The fourth-order valence-electron chi connectivity index (χ4n) is 4.33. The van der Waals surface area contributed by atoms with Crippen LogP contribution in [-0.4, -0.2) is 57.1 Å². The lowest BCUT2D eigenvalue weighted by Gasteiger charge is -2.22. The van der Waals surface area contributed by atoms with Gasteiger partial charge >= 0.3 is 0 Å². The number of hydrogen-bond donors (Lipinski definition) is 4. The highest BCUT2D eigenvalue weighted by molar-refractivity contribution is 5.86. The number of fused-ring (bicyclic) bond motifs is 1. The maximum absolute atomic E-state index is 10.6. The molecule has 0 saturated heterocycles. The molecule has 4 rings (SSSR count). The molecule has 9 nitrogen and oxygen atoms in total. The van der Waals surface area contributed by atoms with Crippen molar-refractivity contribution >= 4 is 22.7 Å². The number of nitrogens with one attached hydrogen (secondary N) is 2. The van der Waals surface area contributed by atoms with Gasteiger partial charge in [0.1, 0.15) is 11.6 Å². The van der Waals surface area contributed by atoms with Crippen LogP contribution in [0.1, 0.15) is 52.7 Å². The minimum absolute atomic E-state index is 0.0578. The molecule has 1 saturated carbocycles. The van der Waals surface area contributed by atoms with Gasteiger partial charge in [0.2, 0.25) is 11.8 Å². The van der Waals surface area contributed by atoms with Gasteiger partial charge in [0.25, 0.3) is 0 Å². The summed E-state index contributed by atoms with van der Waals surface area (Å²) in [5, 5.41) is 27.8. The molecule has 3 aromatic rings.